The molecule has 3 nitrogen and oxygen atoms in total. The van der Waals surface area contributed by atoms with Crippen LogP contribution in [-0.4, -0.2) is 36.2 Å². The number of para-hydroxylation sites is 1. The molecule has 2 rings (SSSR count). The van der Waals surface area contributed by atoms with Crippen molar-refractivity contribution in [2.45, 2.75) is 42.7 Å². The monoisotopic (exact) mass is 281 g/mol. The van der Waals surface area contributed by atoms with Gasteiger partial charge in [0.05, 0.1) is 13.7 Å². The smallest absolute Gasteiger partial charge is 0.132 e. The number of hydrogen-bond donors (Lipinski definition) is 2. The Hall–Kier alpha value is -0.710. The maximum absolute atomic E-state index is 9.56. The van der Waals surface area contributed by atoms with Gasteiger partial charge in [0.25, 0.3) is 0 Å². The summed E-state index contributed by atoms with van der Waals surface area (Å²) >= 11 is 1.79. The summed E-state index contributed by atoms with van der Waals surface area (Å²) in [6.07, 6.45) is 3.44. The molecule has 19 heavy (non-hydrogen) atoms. The van der Waals surface area contributed by atoms with Gasteiger partial charge in [-0.3, -0.25) is 0 Å². The molecular weight excluding hydrogens is 258 g/mol. The van der Waals surface area contributed by atoms with Crippen LogP contribution in [0.15, 0.2) is 29.2 Å². The maximum atomic E-state index is 9.56. The Morgan fingerprint density at radius 2 is 2.16 bits per heavy atom. The topological polar surface area (TPSA) is 41.5 Å². The number of rotatable bonds is 8. The molecule has 2 N–H and O–H groups in total. The van der Waals surface area contributed by atoms with Gasteiger partial charge in [0.2, 0.25) is 0 Å². The van der Waals surface area contributed by atoms with E-state index < -0.39 is 0 Å². The number of aliphatic hydroxyl groups excluding tert-OH is 1. The number of thioether (sulfide) groups is 1. The molecule has 0 spiro atoms. The van der Waals surface area contributed by atoms with Crippen LogP contribution in [0.3, 0.4) is 0 Å². The number of aliphatic hydroxyl groups is 1. The van der Waals surface area contributed by atoms with Crippen LogP contribution in [0.25, 0.3) is 0 Å². The minimum absolute atomic E-state index is 0.157. The summed E-state index contributed by atoms with van der Waals surface area (Å²) in [7, 11) is 1.70. The first-order valence-electron chi connectivity index (χ1n) is 6.81. The van der Waals surface area contributed by atoms with Crippen LogP contribution in [0, 0.1) is 0 Å². The third-order valence-corrected chi connectivity index (χ3v) is 4.52. The fraction of sp³-hybridized carbons (Fsp3) is 0.600. The van der Waals surface area contributed by atoms with Gasteiger partial charge >= 0.3 is 0 Å². The summed E-state index contributed by atoms with van der Waals surface area (Å²) in [5.41, 5.74) is -0.157. The van der Waals surface area contributed by atoms with Gasteiger partial charge in [-0.05, 0) is 44.1 Å². The second-order valence-electron chi connectivity index (χ2n) is 5.39. The summed E-state index contributed by atoms with van der Waals surface area (Å²) in [5, 5.41) is 13.1. The molecule has 1 fully saturated rings. The highest BCUT2D eigenvalue weighted by atomic mass is 32.2. The van der Waals surface area contributed by atoms with E-state index >= 15 is 0 Å². The molecule has 0 radical (unpaired) electrons. The van der Waals surface area contributed by atoms with Crippen molar-refractivity contribution < 1.29 is 9.84 Å². The van der Waals surface area contributed by atoms with Gasteiger partial charge in [-0.15, -0.1) is 11.8 Å². The Kier molecular flexibility index (Phi) is 5.13. The van der Waals surface area contributed by atoms with Gasteiger partial charge < -0.3 is 15.2 Å². The highest BCUT2D eigenvalue weighted by Gasteiger charge is 2.31. The first-order chi connectivity index (χ1) is 9.17. The van der Waals surface area contributed by atoms with Crippen LogP contribution in [0.4, 0.5) is 0 Å². The van der Waals surface area contributed by atoms with Crippen molar-refractivity contribution in [1.29, 1.82) is 0 Å². The van der Waals surface area contributed by atoms with Crippen molar-refractivity contribution in [2.24, 2.45) is 0 Å². The normalized spacial score (nSPS) is 18.1. The summed E-state index contributed by atoms with van der Waals surface area (Å²) in [5.74, 6) is 1.89. The first kappa shape index (κ1) is 14.7. The Balaban J connectivity index is 1.84. The minimum atomic E-state index is -0.157. The molecule has 0 amide bonds. The molecule has 0 bridgehead atoms. The summed E-state index contributed by atoms with van der Waals surface area (Å²) in [6.45, 7) is 2.30. The van der Waals surface area contributed by atoms with E-state index in [1.807, 2.05) is 18.2 Å². The average Bonchev–Trinajstić information content (AvgIpc) is 3.23. The quantitative estimate of drug-likeness (QED) is 0.719. The van der Waals surface area contributed by atoms with Crippen LogP contribution in [-0.2, 0) is 0 Å². The van der Waals surface area contributed by atoms with Crippen molar-refractivity contribution in [1.82, 2.24) is 5.32 Å². The van der Waals surface area contributed by atoms with Gasteiger partial charge in [-0.25, -0.2) is 0 Å². The zero-order valence-corrected chi connectivity index (χ0v) is 12.5. The van der Waals surface area contributed by atoms with E-state index in [1.54, 1.807) is 18.9 Å². The third-order valence-electron chi connectivity index (χ3n) is 3.46. The van der Waals surface area contributed by atoms with Crippen molar-refractivity contribution in [3.05, 3.63) is 24.3 Å². The standard InChI is InChI=1S/C15H23NO2S/c1-15(11-17,16-12-7-8-12)9-10-19-14-6-4-3-5-13(14)18-2/h3-6,12,16-17H,7-11H2,1-2H3. The van der Waals surface area contributed by atoms with Crippen molar-refractivity contribution >= 4 is 11.8 Å². The summed E-state index contributed by atoms with van der Waals surface area (Å²) in [4.78, 5) is 1.16. The molecular formula is C15H23NO2S. The molecule has 1 aliphatic carbocycles. The average molecular weight is 281 g/mol. The Bertz CT molecular complexity index is 409. The Morgan fingerprint density at radius 1 is 1.42 bits per heavy atom. The molecule has 1 aromatic rings. The lowest BCUT2D eigenvalue weighted by molar-refractivity contribution is 0.169. The summed E-state index contributed by atoms with van der Waals surface area (Å²) in [6, 6.07) is 8.69. The van der Waals surface area contributed by atoms with E-state index in [0.29, 0.717) is 6.04 Å². The molecule has 1 unspecified atom stereocenters. The molecule has 0 aromatic heterocycles. The van der Waals surface area contributed by atoms with E-state index in [0.717, 1.165) is 22.8 Å². The second-order valence-corrected chi connectivity index (χ2v) is 6.52. The van der Waals surface area contributed by atoms with Crippen LogP contribution in [0.5, 0.6) is 5.75 Å². The zero-order chi connectivity index (χ0) is 13.7. The SMILES string of the molecule is COc1ccccc1SCCC(C)(CO)NC1CC1. The zero-order valence-electron chi connectivity index (χ0n) is 11.7. The van der Waals surface area contributed by atoms with Crippen molar-refractivity contribution in [3.8, 4) is 5.75 Å². The lowest BCUT2D eigenvalue weighted by atomic mass is 10.0. The molecule has 1 aromatic carbocycles. The molecule has 106 valence electrons. The molecule has 0 saturated heterocycles. The Labute approximate surface area is 119 Å². The first-order valence-corrected chi connectivity index (χ1v) is 7.80. The van der Waals surface area contributed by atoms with Crippen molar-refractivity contribution in [2.75, 3.05) is 19.5 Å². The second kappa shape index (κ2) is 6.64. The fourth-order valence-electron chi connectivity index (χ4n) is 2.04. The number of ether oxygens (including phenoxy) is 1. The molecule has 1 aliphatic rings. The molecule has 1 saturated carbocycles. The minimum Gasteiger partial charge on any atom is -0.496 e. The van der Waals surface area contributed by atoms with E-state index in [4.69, 9.17) is 4.74 Å². The van der Waals surface area contributed by atoms with Crippen LogP contribution < -0.4 is 10.1 Å². The van der Waals surface area contributed by atoms with Gasteiger partial charge in [0, 0.05) is 16.5 Å². The lowest BCUT2D eigenvalue weighted by Crippen LogP contribution is -2.47. The van der Waals surface area contributed by atoms with Crippen molar-refractivity contribution in [3.63, 3.8) is 0 Å². The molecule has 0 heterocycles. The predicted octanol–water partition coefficient (Wildman–Crippen LogP) is 2.68. The van der Waals surface area contributed by atoms with E-state index in [2.05, 4.69) is 18.3 Å². The molecule has 0 aliphatic heterocycles. The van der Waals surface area contributed by atoms with Gasteiger partial charge in [-0.2, -0.15) is 0 Å². The number of benzene rings is 1. The van der Waals surface area contributed by atoms with E-state index in [1.165, 1.54) is 12.8 Å². The molecule has 1 atom stereocenters. The van der Waals surface area contributed by atoms with Crippen LogP contribution >= 0.6 is 11.8 Å². The lowest BCUT2D eigenvalue weighted by Gasteiger charge is -2.29. The third kappa shape index (κ3) is 4.41. The van der Waals surface area contributed by atoms with Gasteiger partial charge in [0.1, 0.15) is 5.75 Å². The Morgan fingerprint density at radius 3 is 2.79 bits per heavy atom. The largest absolute Gasteiger partial charge is 0.496 e. The van der Waals surface area contributed by atoms with Crippen LogP contribution in [0.2, 0.25) is 0 Å². The number of methoxy groups -OCH3 is 1. The molecule has 4 heteroatoms. The van der Waals surface area contributed by atoms with Gasteiger partial charge in [-0.1, -0.05) is 12.1 Å². The maximum Gasteiger partial charge on any atom is 0.132 e. The fourth-order valence-corrected chi connectivity index (χ4v) is 3.28. The van der Waals surface area contributed by atoms with Gasteiger partial charge in [0.15, 0.2) is 0 Å². The summed E-state index contributed by atoms with van der Waals surface area (Å²) < 4.78 is 5.34. The highest BCUT2D eigenvalue weighted by molar-refractivity contribution is 7.99. The highest BCUT2D eigenvalue weighted by Crippen LogP contribution is 2.31. The van der Waals surface area contributed by atoms with Crippen LogP contribution in [0.1, 0.15) is 26.2 Å². The predicted molar refractivity (Wildman–Crippen MR) is 80.0 cm³/mol. The number of nitrogens with one attached hydrogen (secondary N) is 1. The number of hydrogen-bond acceptors (Lipinski definition) is 4. The van der Waals surface area contributed by atoms with E-state index in [9.17, 15) is 5.11 Å². The van der Waals surface area contributed by atoms with E-state index in [-0.39, 0.29) is 12.1 Å².